The molecule has 0 fully saturated rings. The number of hydrogen-bond acceptors (Lipinski definition) is 4. The normalized spacial score (nSPS) is 11.7. The van der Waals surface area contributed by atoms with Gasteiger partial charge in [0.25, 0.3) is 14.2 Å². The van der Waals surface area contributed by atoms with Crippen molar-refractivity contribution in [3.63, 3.8) is 0 Å². The zero-order valence-corrected chi connectivity index (χ0v) is 29.4. The van der Waals surface area contributed by atoms with Crippen molar-refractivity contribution >= 4 is 48.2 Å². The van der Waals surface area contributed by atoms with Crippen LogP contribution in [0.15, 0.2) is 103 Å². The van der Waals surface area contributed by atoms with Crippen molar-refractivity contribution < 1.29 is 18.8 Å². The van der Waals surface area contributed by atoms with Crippen LogP contribution >= 0.6 is 0 Å². The van der Waals surface area contributed by atoms with E-state index >= 15 is 0 Å². The highest BCUT2D eigenvalue weighted by Gasteiger charge is 2.50. The van der Waals surface area contributed by atoms with E-state index in [1.807, 2.05) is 31.2 Å². The lowest BCUT2D eigenvalue weighted by molar-refractivity contribution is -0.122. The first kappa shape index (κ1) is 35.1. The van der Waals surface area contributed by atoms with Crippen molar-refractivity contribution in [2.24, 2.45) is 0 Å². The fourth-order valence-electron chi connectivity index (χ4n) is 5.94. The Bertz CT molecular complexity index is 1690. The van der Waals surface area contributed by atoms with Crippen LogP contribution in [0, 0.1) is 13.8 Å². The molecule has 0 aromatic heterocycles. The highest BCUT2D eigenvalue weighted by molar-refractivity contribution is 6.99. The molecule has 0 radical (unpaired) electrons. The molecule has 8 heteroatoms. The zero-order chi connectivity index (χ0) is 34.2. The lowest BCUT2D eigenvalue weighted by Crippen LogP contribution is -2.66. The fourth-order valence-corrected chi connectivity index (χ4v) is 10.5. The molecule has 47 heavy (non-hydrogen) atoms. The smallest absolute Gasteiger partial charge is 0.261 e. The van der Waals surface area contributed by atoms with Gasteiger partial charge in [-0.3, -0.25) is 14.4 Å². The Morgan fingerprint density at radius 1 is 0.830 bits per heavy atom. The number of carbonyl (C=O) groups excluding carboxylic acids is 3. The van der Waals surface area contributed by atoms with E-state index < -0.39 is 8.32 Å². The molecule has 0 saturated carbocycles. The Hall–Kier alpha value is -4.79. The first-order valence-corrected chi connectivity index (χ1v) is 17.7. The average Bonchev–Trinajstić information content (AvgIpc) is 3.07. The van der Waals surface area contributed by atoms with E-state index in [2.05, 4.69) is 86.9 Å². The summed E-state index contributed by atoms with van der Waals surface area (Å²) in [5.41, 5.74) is 5.16. The van der Waals surface area contributed by atoms with Crippen molar-refractivity contribution in [2.45, 2.75) is 46.3 Å². The minimum atomic E-state index is -2.76. The van der Waals surface area contributed by atoms with Crippen LogP contribution in [-0.4, -0.2) is 46.7 Å². The Kier molecular flexibility index (Phi) is 11.3. The third-order valence-corrected chi connectivity index (χ3v) is 13.6. The Morgan fingerprint density at radius 2 is 1.40 bits per heavy atom. The Morgan fingerprint density at radius 3 is 1.94 bits per heavy atom. The van der Waals surface area contributed by atoms with Crippen LogP contribution in [0.2, 0.25) is 5.04 Å². The van der Waals surface area contributed by atoms with E-state index in [0.717, 1.165) is 27.9 Å². The summed E-state index contributed by atoms with van der Waals surface area (Å²) in [7, 11) is 0.535. The predicted octanol–water partition coefficient (Wildman–Crippen LogP) is 5.53. The summed E-state index contributed by atoms with van der Waals surface area (Å²) in [6.07, 6.45) is 3.01. The molecule has 0 aliphatic rings. The number of likely N-dealkylation sites (N-methyl/N-ethyl adjacent to an activating group) is 1. The largest absolute Gasteiger partial charge is 0.403 e. The summed E-state index contributed by atoms with van der Waals surface area (Å²) in [4.78, 5) is 39.1. The fraction of sp³-hybridized carbons (Fsp3) is 0.256. The molecule has 0 saturated heterocycles. The van der Waals surface area contributed by atoms with E-state index in [-0.39, 0.29) is 29.3 Å². The maximum atomic E-state index is 13.2. The zero-order valence-electron chi connectivity index (χ0n) is 28.4. The van der Waals surface area contributed by atoms with Crippen molar-refractivity contribution in [3.05, 3.63) is 131 Å². The van der Waals surface area contributed by atoms with Gasteiger partial charge < -0.3 is 20.0 Å². The Labute approximate surface area is 279 Å². The maximum Gasteiger partial charge on any atom is 0.261 e. The molecule has 0 atom stereocenters. The minimum absolute atomic E-state index is 0.156. The van der Waals surface area contributed by atoms with Gasteiger partial charge in [-0.1, -0.05) is 99.6 Å². The first-order valence-electron chi connectivity index (χ1n) is 15.8. The van der Waals surface area contributed by atoms with Crippen LogP contribution in [0.5, 0.6) is 0 Å². The summed E-state index contributed by atoms with van der Waals surface area (Å²) in [5.74, 6) is -0.807. The predicted molar refractivity (Wildman–Crippen MR) is 194 cm³/mol. The van der Waals surface area contributed by atoms with Crippen molar-refractivity contribution in [3.8, 4) is 0 Å². The number of rotatable bonds is 11. The van der Waals surface area contributed by atoms with Gasteiger partial charge in [0.15, 0.2) is 0 Å². The lowest BCUT2D eigenvalue weighted by Gasteiger charge is -2.43. The summed E-state index contributed by atoms with van der Waals surface area (Å²) in [5, 5.41) is 7.52. The standard InChI is InChI=1S/C39H45N3O4Si/c1-28-18-24-35(42(7)37(44)26-41-36(43)25-21-30-19-22-31(23-20-30)38(45)40-6)29(2)34(28)27-46-47(39(3,4)5,32-14-10-8-11-15-32)33-16-12-9-13-17-33/h8-25H,26-27H2,1-7H3,(H,40,45)(H,41,43). The van der Waals surface area contributed by atoms with E-state index in [4.69, 9.17) is 4.43 Å². The molecule has 0 unspecified atom stereocenters. The van der Waals surface area contributed by atoms with E-state index in [0.29, 0.717) is 12.2 Å². The molecule has 244 valence electrons. The molecule has 4 rings (SSSR count). The molecule has 0 aliphatic heterocycles. The van der Waals surface area contributed by atoms with Gasteiger partial charge in [0, 0.05) is 31.4 Å². The number of hydrogen-bond donors (Lipinski definition) is 2. The number of anilines is 1. The second-order valence-corrected chi connectivity index (χ2v) is 17.0. The number of nitrogens with zero attached hydrogens (tertiary/aromatic N) is 1. The van der Waals surface area contributed by atoms with Crippen LogP contribution in [0.25, 0.3) is 6.08 Å². The number of aryl methyl sites for hydroxylation is 1. The molecule has 0 aliphatic carbocycles. The topological polar surface area (TPSA) is 87.7 Å². The van der Waals surface area contributed by atoms with Gasteiger partial charge in [0.1, 0.15) is 0 Å². The summed E-state index contributed by atoms with van der Waals surface area (Å²) in [6, 6.07) is 31.9. The lowest BCUT2D eigenvalue weighted by atomic mass is 10.0. The number of amides is 3. The first-order chi connectivity index (χ1) is 22.4. The third-order valence-electron chi connectivity index (χ3n) is 8.63. The number of carbonyl (C=O) groups is 3. The molecule has 4 aromatic rings. The molecule has 4 aromatic carbocycles. The molecule has 0 spiro atoms. The molecule has 2 N–H and O–H groups in total. The van der Waals surface area contributed by atoms with Crippen molar-refractivity contribution in [2.75, 3.05) is 25.5 Å². The summed E-state index contributed by atoms with van der Waals surface area (Å²) in [6.45, 7) is 11.1. The van der Waals surface area contributed by atoms with Gasteiger partial charge >= 0.3 is 0 Å². The van der Waals surface area contributed by atoms with Crippen molar-refractivity contribution in [1.29, 1.82) is 0 Å². The van der Waals surface area contributed by atoms with Gasteiger partial charge in [-0.05, 0) is 75.8 Å². The molecule has 0 bridgehead atoms. The van der Waals surface area contributed by atoms with Crippen LogP contribution in [0.4, 0.5) is 5.69 Å². The van der Waals surface area contributed by atoms with Gasteiger partial charge in [-0.2, -0.15) is 0 Å². The quantitative estimate of drug-likeness (QED) is 0.166. The van der Waals surface area contributed by atoms with Crippen LogP contribution in [0.1, 0.15) is 53.4 Å². The molecular weight excluding hydrogens is 603 g/mol. The molecular formula is C39H45N3O4Si. The average molecular weight is 648 g/mol. The molecule has 3 amide bonds. The number of nitrogens with one attached hydrogen (secondary N) is 2. The van der Waals surface area contributed by atoms with Gasteiger partial charge in [-0.25, -0.2) is 0 Å². The summed E-state index contributed by atoms with van der Waals surface area (Å²) < 4.78 is 7.23. The minimum Gasteiger partial charge on any atom is -0.403 e. The Balaban J connectivity index is 1.50. The monoisotopic (exact) mass is 647 g/mol. The van der Waals surface area contributed by atoms with Gasteiger partial charge in [-0.15, -0.1) is 0 Å². The van der Waals surface area contributed by atoms with E-state index in [1.54, 1.807) is 49.3 Å². The second-order valence-electron chi connectivity index (χ2n) is 12.7. The van der Waals surface area contributed by atoms with Crippen molar-refractivity contribution in [1.82, 2.24) is 10.6 Å². The molecule has 0 heterocycles. The third kappa shape index (κ3) is 7.96. The van der Waals surface area contributed by atoms with Crippen LogP contribution in [-0.2, 0) is 20.6 Å². The van der Waals surface area contributed by atoms with Gasteiger partial charge in [0.2, 0.25) is 11.8 Å². The highest BCUT2D eigenvalue weighted by atomic mass is 28.4. The molecule has 7 nitrogen and oxygen atoms in total. The SMILES string of the molecule is CNC(=O)c1ccc(C=CC(=O)NCC(=O)N(C)c2ccc(C)c(CO[Si](c3ccccc3)(c3ccccc3)C(C)(C)C)c2C)cc1. The second kappa shape index (κ2) is 15.2. The van der Waals surface area contributed by atoms with Crippen LogP contribution in [0.3, 0.4) is 0 Å². The van der Waals surface area contributed by atoms with Crippen LogP contribution < -0.4 is 25.9 Å². The van der Waals surface area contributed by atoms with E-state index in [9.17, 15) is 14.4 Å². The van der Waals surface area contributed by atoms with E-state index in [1.165, 1.54) is 16.4 Å². The summed E-state index contributed by atoms with van der Waals surface area (Å²) >= 11 is 0. The number of benzene rings is 4. The highest BCUT2D eigenvalue weighted by Crippen LogP contribution is 2.38. The van der Waals surface area contributed by atoms with Gasteiger partial charge in [0.05, 0.1) is 13.2 Å². The maximum absolute atomic E-state index is 13.2.